The van der Waals surface area contributed by atoms with Gasteiger partial charge in [0.05, 0.1) is 17.0 Å². The standard InChI is InChI=1S/C23H18N2O2/c1-17-22(23(26)25(24-17)19-10-4-2-5-11-19)16-18-9-8-14-21(15-18)27-20-12-6-3-7-13-20/h2-16H,1H3. The molecule has 0 fully saturated rings. The molecule has 1 heterocycles. The SMILES string of the molecule is CC1=NN(c2ccccc2)C(=O)C1=Cc1cccc(Oc2ccccc2)c1. The van der Waals surface area contributed by atoms with E-state index in [4.69, 9.17) is 4.74 Å². The van der Waals surface area contributed by atoms with Crippen molar-refractivity contribution in [3.8, 4) is 11.5 Å². The second-order valence-electron chi connectivity index (χ2n) is 6.18. The van der Waals surface area contributed by atoms with E-state index < -0.39 is 0 Å². The summed E-state index contributed by atoms with van der Waals surface area (Å²) in [5.74, 6) is 1.36. The van der Waals surface area contributed by atoms with Crippen LogP contribution < -0.4 is 9.75 Å². The number of benzene rings is 3. The summed E-state index contributed by atoms with van der Waals surface area (Å²) in [5.41, 5.74) is 2.91. The highest BCUT2D eigenvalue weighted by atomic mass is 16.5. The maximum atomic E-state index is 12.8. The average molecular weight is 354 g/mol. The van der Waals surface area contributed by atoms with Crippen LogP contribution in [0.3, 0.4) is 0 Å². The average Bonchev–Trinajstić information content (AvgIpc) is 2.98. The number of hydrogen-bond acceptors (Lipinski definition) is 3. The molecule has 0 unspecified atom stereocenters. The fourth-order valence-corrected chi connectivity index (χ4v) is 2.89. The van der Waals surface area contributed by atoms with Crippen molar-refractivity contribution >= 4 is 23.4 Å². The van der Waals surface area contributed by atoms with E-state index in [0.29, 0.717) is 11.3 Å². The topological polar surface area (TPSA) is 41.9 Å². The molecule has 1 aliphatic heterocycles. The van der Waals surface area contributed by atoms with E-state index in [1.807, 2.05) is 97.9 Å². The number of ether oxygens (including phenoxy) is 1. The molecule has 4 heteroatoms. The molecule has 4 nitrogen and oxygen atoms in total. The van der Waals surface area contributed by atoms with Gasteiger partial charge in [-0.1, -0.05) is 48.5 Å². The molecule has 3 aromatic carbocycles. The third kappa shape index (κ3) is 3.65. The summed E-state index contributed by atoms with van der Waals surface area (Å²) in [6, 6.07) is 26.7. The van der Waals surface area contributed by atoms with Crippen molar-refractivity contribution in [3.63, 3.8) is 0 Å². The highest BCUT2D eigenvalue weighted by Gasteiger charge is 2.28. The Bertz CT molecular complexity index is 1020. The lowest BCUT2D eigenvalue weighted by atomic mass is 10.1. The Balaban J connectivity index is 1.59. The summed E-state index contributed by atoms with van der Waals surface area (Å²) in [7, 11) is 0. The highest BCUT2D eigenvalue weighted by molar-refractivity contribution is 6.32. The number of rotatable bonds is 4. The number of carbonyl (C=O) groups excluding carboxylic acids is 1. The molecule has 27 heavy (non-hydrogen) atoms. The molecule has 0 aliphatic carbocycles. The first-order valence-corrected chi connectivity index (χ1v) is 8.70. The maximum absolute atomic E-state index is 12.8. The third-order valence-corrected chi connectivity index (χ3v) is 4.21. The summed E-state index contributed by atoms with van der Waals surface area (Å²) in [6.07, 6.45) is 1.85. The Morgan fingerprint density at radius 2 is 1.52 bits per heavy atom. The van der Waals surface area contributed by atoms with Crippen molar-refractivity contribution in [2.45, 2.75) is 6.92 Å². The number of carbonyl (C=O) groups is 1. The van der Waals surface area contributed by atoms with E-state index in [-0.39, 0.29) is 5.91 Å². The van der Waals surface area contributed by atoms with E-state index in [1.165, 1.54) is 5.01 Å². The van der Waals surface area contributed by atoms with Gasteiger partial charge in [-0.15, -0.1) is 0 Å². The molecule has 0 aromatic heterocycles. The lowest BCUT2D eigenvalue weighted by Crippen LogP contribution is -2.21. The predicted octanol–water partition coefficient (Wildman–Crippen LogP) is 5.29. The van der Waals surface area contributed by atoms with Crippen molar-refractivity contribution in [1.29, 1.82) is 0 Å². The number of amides is 1. The van der Waals surface area contributed by atoms with Crippen molar-refractivity contribution in [3.05, 3.63) is 96.1 Å². The number of anilines is 1. The summed E-state index contributed by atoms with van der Waals surface area (Å²) in [5, 5.41) is 5.84. The van der Waals surface area contributed by atoms with Gasteiger partial charge in [0.1, 0.15) is 11.5 Å². The van der Waals surface area contributed by atoms with Crippen molar-refractivity contribution in [1.82, 2.24) is 0 Å². The largest absolute Gasteiger partial charge is 0.457 e. The maximum Gasteiger partial charge on any atom is 0.280 e. The molecule has 132 valence electrons. The third-order valence-electron chi connectivity index (χ3n) is 4.21. The lowest BCUT2D eigenvalue weighted by molar-refractivity contribution is -0.114. The van der Waals surface area contributed by atoms with Crippen LogP contribution >= 0.6 is 0 Å². The highest BCUT2D eigenvalue weighted by Crippen LogP contribution is 2.26. The van der Waals surface area contributed by atoms with E-state index >= 15 is 0 Å². The molecular formula is C23H18N2O2. The molecule has 0 saturated heterocycles. The van der Waals surface area contributed by atoms with Gasteiger partial charge in [0.2, 0.25) is 0 Å². The van der Waals surface area contributed by atoms with Crippen LogP contribution in [0, 0.1) is 0 Å². The van der Waals surface area contributed by atoms with Crippen LogP contribution in [0.1, 0.15) is 12.5 Å². The van der Waals surface area contributed by atoms with E-state index in [1.54, 1.807) is 0 Å². The number of hydrogen-bond donors (Lipinski definition) is 0. The summed E-state index contributed by atoms with van der Waals surface area (Å²) < 4.78 is 5.87. The van der Waals surface area contributed by atoms with Gasteiger partial charge in [0, 0.05) is 0 Å². The Hall–Kier alpha value is -3.66. The Morgan fingerprint density at radius 1 is 0.852 bits per heavy atom. The van der Waals surface area contributed by atoms with Crippen LogP contribution in [-0.2, 0) is 4.79 Å². The molecule has 0 atom stereocenters. The lowest BCUT2D eigenvalue weighted by Gasteiger charge is -2.11. The van der Waals surface area contributed by atoms with Crippen LogP contribution in [0.5, 0.6) is 11.5 Å². The zero-order valence-corrected chi connectivity index (χ0v) is 14.9. The second-order valence-corrected chi connectivity index (χ2v) is 6.18. The molecule has 1 aliphatic rings. The minimum Gasteiger partial charge on any atom is -0.457 e. The molecule has 1 amide bonds. The quantitative estimate of drug-likeness (QED) is 0.598. The number of para-hydroxylation sites is 2. The minimum absolute atomic E-state index is 0.131. The fourth-order valence-electron chi connectivity index (χ4n) is 2.89. The molecular weight excluding hydrogens is 336 g/mol. The number of nitrogens with zero attached hydrogens (tertiary/aromatic N) is 2. The first-order valence-electron chi connectivity index (χ1n) is 8.70. The smallest absolute Gasteiger partial charge is 0.280 e. The zero-order chi connectivity index (χ0) is 18.6. The molecule has 0 spiro atoms. The van der Waals surface area contributed by atoms with Crippen molar-refractivity contribution in [2.75, 3.05) is 5.01 Å². The molecule has 4 rings (SSSR count). The molecule has 3 aromatic rings. The second kappa shape index (κ2) is 7.30. The van der Waals surface area contributed by atoms with Gasteiger partial charge in [-0.25, -0.2) is 0 Å². The normalized spacial score (nSPS) is 15.1. The predicted molar refractivity (Wildman–Crippen MR) is 108 cm³/mol. The van der Waals surface area contributed by atoms with Crippen LogP contribution in [-0.4, -0.2) is 11.6 Å². The van der Waals surface area contributed by atoms with Gasteiger partial charge < -0.3 is 4.74 Å². The van der Waals surface area contributed by atoms with Gasteiger partial charge in [-0.2, -0.15) is 10.1 Å². The Kier molecular flexibility index (Phi) is 4.54. The van der Waals surface area contributed by atoms with E-state index in [9.17, 15) is 4.79 Å². The van der Waals surface area contributed by atoms with Crippen LogP contribution in [0.15, 0.2) is 95.6 Å². The van der Waals surface area contributed by atoms with Gasteiger partial charge in [-0.05, 0) is 55.0 Å². The number of hydrazone groups is 1. The Labute approximate surface area is 158 Å². The summed E-state index contributed by atoms with van der Waals surface area (Å²) in [6.45, 7) is 1.84. The van der Waals surface area contributed by atoms with E-state index in [0.717, 1.165) is 22.7 Å². The molecule has 0 radical (unpaired) electrons. The first-order chi connectivity index (χ1) is 13.2. The monoisotopic (exact) mass is 354 g/mol. The van der Waals surface area contributed by atoms with Crippen LogP contribution in [0.2, 0.25) is 0 Å². The van der Waals surface area contributed by atoms with E-state index in [2.05, 4.69) is 5.10 Å². The van der Waals surface area contributed by atoms with Crippen LogP contribution in [0.25, 0.3) is 6.08 Å². The zero-order valence-electron chi connectivity index (χ0n) is 14.9. The fraction of sp³-hybridized carbons (Fsp3) is 0.0435. The van der Waals surface area contributed by atoms with Gasteiger partial charge in [0.15, 0.2) is 0 Å². The van der Waals surface area contributed by atoms with Crippen molar-refractivity contribution in [2.24, 2.45) is 5.10 Å². The molecule has 0 saturated carbocycles. The molecule has 0 N–H and O–H groups in total. The van der Waals surface area contributed by atoms with Gasteiger partial charge in [0.25, 0.3) is 5.91 Å². The summed E-state index contributed by atoms with van der Waals surface area (Å²) >= 11 is 0. The molecule has 0 bridgehead atoms. The van der Waals surface area contributed by atoms with Crippen LogP contribution in [0.4, 0.5) is 5.69 Å². The summed E-state index contributed by atoms with van der Waals surface area (Å²) in [4.78, 5) is 12.8. The van der Waals surface area contributed by atoms with Gasteiger partial charge in [-0.3, -0.25) is 4.79 Å². The first kappa shape index (κ1) is 16.8. The Morgan fingerprint density at radius 3 is 2.26 bits per heavy atom. The minimum atomic E-state index is -0.131. The van der Waals surface area contributed by atoms with Gasteiger partial charge >= 0.3 is 0 Å². The van der Waals surface area contributed by atoms with Crippen molar-refractivity contribution < 1.29 is 9.53 Å².